The molecule has 1 amide bonds. The normalized spacial score (nSPS) is 11.3. The molecule has 2 aromatic heterocycles. The average molecular weight is 390 g/mol. The Balaban J connectivity index is 1.76. The van der Waals surface area contributed by atoms with Gasteiger partial charge in [0.25, 0.3) is 5.91 Å². The first-order valence-corrected chi connectivity index (χ1v) is 8.29. The smallest absolute Gasteiger partial charge is 0.416 e. The highest BCUT2D eigenvalue weighted by molar-refractivity contribution is 5.95. The van der Waals surface area contributed by atoms with E-state index in [0.29, 0.717) is 11.6 Å². The Morgan fingerprint density at radius 1 is 1.21 bits per heavy atom. The van der Waals surface area contributed by atoms with Gasteiger partial charge in [-0.2, -0.15) is 18.3 Å². The predicted octanol–water partition coefficient (Wildman–Crippen LogP) is 3.53. The average Bonchev–Trinajstić information content (AvgIpc) is 3.07. The van der Waals surface area contributed by atoms with Crippen LogP contribution in [-0.4, -0.2) is 27.8 Å². The molecule has 6 nitrogen and oxygen atoms in total. The van der Waals surface area contributed by atoms with Crippen LogP contribution in [0.15, 0.2) is 48.8 Å². The first-order valence-electron chi connectivity index (χ1n) is 8.29. The van der Waals surface area contributed by atoms with Crippen LogP contribution in [0, 0.1) is 6.92 Å². The summed E-state index contributed by atoms with van der Waals surface area (Å²) in [5.74, 6) is 0.0832. The zero-order chi connectivity index (χ0) is 20.3. The molecule has 146 valence electrons. The van der Waals surface area contributed by atoms with Crippen molar-refractivity contribution < 1.29 is 22.7 Å². The number of hydrogen-bond acceptors (Lipinski definition) is 4. The number of pyridine rings is 1. The van der Waals surface area contributed by atoms with Crippen LogP contribution in [0.2, 0.25) is 0 Å². The highest BCUT2D eigenvalue weighted by atomic mass is 19.4. The monoisotopic (exact) mass is 390 g/mol. The molecular formula is C19H17F3N4O2. The van der Waals surface area contributed by atoms with Crippen molar-refractivity contribution >= 4 is 5.91 Å². The van der Waals surface area contributed by atoms with Gasteiger partial charge in [-0.3, -0.25) is 4.79 Å². The number of rotatable bonds is 5. The van der Waals surface area contributed by atoms with Gasteiger partial charge in [0.05, 0.1) is 35.8 Å². The number of methoxy groups -OCH3 is 1. The Hall–Kier alpha value is -3.36. The van der Waals surface area contributed by atoms with Crippen molar-refractivity contribution in [3.05, 3.63) is 71.2 Å². The van der Waals surface area contributed by atoms with Gasteiger partial charge in [-0.25, -0.2) is 9.67 Å². The molecule has 2 heterocycles. The van der Waals surface area contributed by atoms with E-state index in [4.69, 9.17) is 4.74 Å². The van der Waals surface area contributed by atoms with Gasteiger partial charge in [-0.15, -0.1) is 0 Å². The number of alkyl halides is 3. The summed E-state index contributed by atoms with van der Waals surface area (Å²) in [6.45, 7) is 1.86. The van der Waals surface area contributed by atoms with E-state index in [9.17, 15) is 18.0 Å². The molecule has 3 aromatic rings. The van der Waals surface area contributed by atoms with E-state index in [1.807, 2.05) is 0 Å². The minimum atomic E-state index is -4.45. The third kappa shape index (κ3) is 4.13. The Morgan fingerprint density at radius 3 is 2.64 bits per heavy atom. The van der Waals surface area contributed by atoms with Crippen LogP contribution in [0.4, 0.5) is 13.2 Å². The van der Waals surface area contributed by atoms with Crippen molar-refractivity contribution in [2.24, 2.45) is 0 Å². The summed E-state index contributed by atoms with van der Waals surface area (Å²) in [4.78, 5) is 16.5. The van der Waals surface area contributed by atoms with E-state index in [1.54, 1.807) is 25.3 Å². The second-order valence-corrected chi connectivity index (χ2v) is 6.00. The van der Waals surface area contributed by atoms with Crippen LogP contribution in [0.5, 0.6) is 5.88 Å². The molecule has 0 aliphatic heterocycles. The second-order valence-electron chi connectivity index (χ2n) is 6.00. The fourth-order valence-corrected chi connectivity index (χ4v) is 2.62. The molecule has 0 aliphatic rings. The summed E-state index contributed by atoms with van der Waals surface area (Å²) in [6, 6.07) is 8.22. The summed E-state index contributed by atoms with van der Waals surface area (Å²) in [7, 11) is 1.51. The largest absolute Gasteiger partial charge is 0.481 e. The second kappa shape index (κ2) is 7.71. The third-order valence-corrected chi connectivity index (χ3v) is 4.13. The van der Waals surface area contributed by atoms with Crippen molar-refractivity contribution in [1.82, 2.24) is 20.1 Å². The van der Waals surface area contributed by atoms with Gasteiger partial charge in [0.15, 0.2) is 0 Å². The van der Waals surface area contributed by atoms with Crippen LogP contribution >= 0.6 is 0 Å². The zero-order valence-corrected chi connectivity index (χ0v) is 15.1. The van der Waals surface area contributed by atoms with Gasteiger partial charge in [-0.05, 0) is 30.7 Å². The minimum Gasteiger partial charge on any atom is -0.481 e. The fraction of sp³-hybridized carbons (Fsp3) is 0.211. The van der Waals surface area contributed by atoms with Gasteiger partial charge >= 0.3 is 6.18 Å². The third-order valence-electron chi connectivity index (χ3n) is 4.13. The van der Waals surface area contributed by atoms with E-state index in [-0.39, 0.29) is 23.7 Å². The predicted molar refractivity (Wildman–Crippen MR) is 95.3 cm³/mol. The van der Waals surface area contributed by atoms with Crippen LogP contribution < -0.4 is 10.1 Å². The number of benzene rings is 1. The van der Waals surface area contributed by atoms with E-state index < -0.39 is 11.7 Å². The van der Waals surface area contributed by atoms with E-state index in [0.717, 1.165) is 17.7 Å². The summed E-state index contributed by atoms with van der Waals surface area (Å²) in [5.41, 5.74) is 0.935. The number of hydrogen-bond donors (Lipinski definition) is 1. The zero-order valence-electron chi connectivity index (χ0n) is 15.1. The molecule has 0 atom stereocenters. The van der Waals surface area contributed by atoms with Gasteiger partial charge in [0.2, 0.25) is 5.88 Å². The van der Waals surface area contributed by atoms with Crippen molar-refractivity contribution in [3.63, 3.8) is 0 Å². The number of ether oxygens (including phenoxy) is 1. The van der Waals surface area contributed by atoms with Gasteiger partial charge < -0.3 is 10.1 Å². The molecule has 0 saturated heterocycles. The molecule has 3 rings (SSSR count). The Morgan fingerprint density at radius 2 is 2.00 bits per heavy atom. The number of carbonyl (C=O) groups excluding carboxylic acids is 1. The Labute approximate surface area is 159 Å². The maximum absolute atomic E-state index is 12.9. The lowest BCUT2D eigenvalue weighted by Crippen LogP contribution is -2.23. The number of aromatic nitrogens is 3. The van der Waals surface area contributed by atoms with Gasteiger partial charge in [-0.1, -0.05) is 12.1 Å². The molecule has 0 saturated carbocycles. The molecule has 1 aromatic carbocycles. The molecular weight excluding hydrogens is 373 g/mol. The van der Waals surface area contributed by atoms with Crippen molar-refractivity contribution in [2.45, 2.75) is 19.6 Å². The molecule has 9 heteroatoms. The van der Waals surface area contributed by atoms with Crippen LogP contribution in [0.25, 0.3) is 5.69 Å². The van der Waals surface area contributed by atoms with Gasteiger partial charge in [0, 0.05) is 18.8 Å². The molecule has 0 aliphatic carbocycles. The molecule has 0 bridgehead atoms. The fourth-order valence-electron chi connectivity index (χ4n) is 2.62. The molecule has 0 spiro atoms. The van der Waals surface area contributed by atoms with Gasteiger partial charge in [0.1, 0.15) is 0 Å². The lowest BCUT2D eigenvalue weighted by Gasteiger charge is -2.10. The Bertz CT molecular complexity index is 982. The van der Waals surface area contributed by atoms with E-state index in [2.05, 4.69) is 15.4 Å². The maximum Gasteiger partial charge on any atom is 0.416 e. The summed E-state index contributed by atoms with van der Waals surface area (Å²) < 4.78 is 45.0. The topological polar surface area (TPSA) is 69.0 Å². The number of carbonyl (C=O) groups is 1. The number of amides is 1. The SMILES string of the molecule is COc1ccc(CNC(=O)c2cnn(-c3cccc(C(F)(F)F)c3)c2C)cn1. The van der Waals surface area contributed by atoms with Crippen LogP contribution in [-0.2, 0) is 12.7 Å². The van der Waals surface area contributed by atoms with Crippen molar-refractivity contribution in [2.75, 3.05) is 7.11 Å². The first kappa shape index (κ1) is 19.4. The van der Waals surface area contributed by atoms with Crippen LogP contribution in [0.3, 0.4) is 0 Å². The lowest BCUT2D eigenvalue weighted by atomic mass is 10.2. The van der Waals surface area contributed by atoms with Crippen molar-refractivity contribution in [3.8, 4) is 11.6 Å². The number of nitrogens with zero attached hydrogens (tertiary/aromatic N) is 3. The molecule has 0 fully saturated rings. The number of halogens is 3. The van der Waals surface area contributed by atoms with Crippen molar-refractivity contribution in [1.29, 1.82) is 0 Å². The molecule has 0 unspecified atom stereocenters. The molecule has 28 heavy (non-hydrogen) atoms. The molecule has 0 radical (unpaired) electrons. The van der Waals surface area contributed by atoms with E-state index >= 15 is 0 Å². The van der Waals surface area contributed by atoms with Crippen LogP contribution in [0.1, 0.15) is 27.2 Å². The highest BCUT2D eigenvalue weighted by Gasteiger charge is 2.30. The first-order chi connectivity index (χ1) is 13.3. The summed E-state index contributed by atoms with van der Waals surface area (Å²) in [6.07, 6.45) is -1.54. The highest BCUT2D eigenvalue weighted by Crippen LogP contribution is 2.30. The maximum atomic E-state index is 12.9. The van der Waals surface area contributed by atoms with E-state index in [1.165, 1.54) is 30.1 Å². The molecule has 1 N–H and O–H groups in total. The number of nitrogens with one attached hydrogen (secondary N) is 1. The minimum absolute atomic E-state index is 0.228. The lowest BCUT2D eigenvalue weighted by molar-refractivity contribution is -0.137. The standard InChI is InChI=1S/C19H17F3N4O2/c1-12-16(18(27)24-10-13-6-7-17(28-2)23-9-13)11-25-26(12)15-5-3-4-14(8-15)19(20,21)22/h3-9,11H,10H2,1-2H3,(H,24,27). The quantitative estimate of drug-likeness (QED) is 0.724. The summed E-state index contributed by atoms with van der Waals surface area (Å²) >= 11 is 0. The Kier molecular flexibility index (Phi) is 5.34. The summed E-state index contributed by atoms with van der Waals surface area (Å²) in [5, 5.41) is 6.81.